The Morgan fingerprint density at radius 1 is 1.38 bits per heavy atom. The van der Waals surface area contributed by atoms with Gasteiger partial charge in [0.2, 0.25) is 0 Å². The third kappa shape index (κ3) is 5.52. The van der Waals surface area contributed by atoms with Crippen LogP contribution >= 0.6 is 11.8 Å². The Morgan fingerprint density at radius 2 is 2.00 bits per heavy atom. The maximum Gasteiger partial charge on any atom is 0.0565 e. The van der Waals surface area contributed by atoms with Gasteiger partial charge >= 0.3 is 0 Å². The molecular weight excluding hydrogens is 186 g/mol. The average molecular weight is 207 g/mol. The maximum atomic E-state index is 9.08. The van der Waals surface area contributed by atoms with E-state index in [0.29, 0.717) is 5.25 Å². The van der Waals surface area contributed by atoms with Crippen molar-refractivity contribution in [1.29, 1.82) is 0 Å². The summed E-state index contributed by atoms with van der Waals surface area (Å²) in [5.41, 5.74) is 5.83. The van der Waals surface area contributed by atoms with Crippen molar-refractivity contribution in [1.82, 2.24) is 0 Å². The van der Waals surface area contributed by atoms with Crippen LogP contribution in [0.5, 0.6) is 0 Å². The van der Waals surface area contributed by atoms with Gasteiger partial charge in [-0.2, -0.15) is 11.8 Å². The highest BCUT2D eigenvalue weighted by molar-refractivity contribution is 8.00. The highest BCUT2D eigenvalue weighted by Gasteiger charge is 2.18. The van der Waals surface area contributed by atoms with Crippen LogP contribution in [0.1, 0.15) is 26.7 Å². The van der Waals surface area contributed by atoms with Crippen molar-refractivity contribution in [3.63, 3.8) is 0 Å². The van der Waals surface area contributed by atoms with E-state index in [4.69, 9.17) is 15.9 Å². The van der Waals surface area contributed by atoms with Crippen molar-refractivity contribution in [3.05, 3.63) is 0 Å². The predicted octanol–water partition coefficient (Wildman–Crippen LogP) is 0.589. The van der Waals surface area contributed by atoms with Crippen LogP contribution in [0.2, 0.25) is 0 Å². The number of nitrogens with two attached hydrogens (primary N) is 1. The van der Waals surface area contributed by atoms with Gasteiger partial charge < -0.3 is 15.9 Å². The Kier molecular flexibility index (Phi) is 7.75. The first-order valence-electron chi connectivity index (χ1n) is 4.78. The van der Waals surface area contributed by atoms with Gasteiger partial charge in [0.15, 0.2) is 0 Å². The predicted molar refractivity (Wildman–Crippen MR) is 57.9 cm³/mol. The van der Waals surface area contributed by atoms with Gasteiger partial charge in [-0.1, -0.05) is 13.8 Å². The fraction of sp³-hybridized carbons (Fsp3) is 1.00. The summed E-state index contributed by atoms with van der Waals surface area (Å²) in [7, 11) is 0. The number of aliphatic hydroxyl groups excluding tert-OH is 2. The van der Waals surface area contributed by atoms with Gasteiger partial charge in [-0.3, -0.25) is 0 Å². The van der Waals surface area contributed by atoms with Gasteiger partial charge in [0.1, 0.15) is 0 Å². The molecule has 0 aromatic carbocycles. The van der Waals surface area contributed by atoms with E-state index < -0.39 is 0 Å². The highest BCUT2D eigenvalue weighted by atomic mass is 32.2. The summed E-state index contributed by atoms with van der Waals surface area (Å²) in [4.78, 5) is 0. The standard InChI is InChI=1S/C9H21NO2S/c1-3-8(10)9(6-12)13-7(2)4-5-11/h7-9,11-12H,3-6,10H2,1-2H3. The fourth-order valence-corrected chi connectivity index (χ4v) is 2.41. The van der Waals surface area contributed by atoms with Crippen LogP contribution in [0.15, 0.2) is 0 Å². The lowest BCUT2D eigenvalue weighted by Crippen LogP contribution is -2.35. The summed E-state index contributed by atoms with van der Waals surface area (Å²) in [6.45, 7) is 4.39. The molecule has 3 atom stereocenters. The Balaban J connectivity index is 3.82. The molecule has 0 saturated heterocycles. The third-order valence-corrected chi connectivity index (χ3v) is 3.62. The molecule has 4 heteroatoms. The van der Waals surface area contributed by atoms with Crippen LogP contribution in [-0.4, -0.2) is 40.0 Å². The lowest BCUT2D eigenvalue weighted by Gasteiger charge is -2.23. The molecule has 0 spiro atoms. The molecule has 80 valence electrons. The molecule has 3 unspecified atom stereocenters. The minimum Gasteiger partial charge on any atom is -0.396 e. The van der Waals surface area contributed by atoms with E-state index in [1.807, 2.05) is 13.8 Å². The van der Waals surface area contributed by atoms with E-state index in [1.54, 1.807) is 11.8 Å². The molecule has 13 heavy (non-hydrogen) atoms. The van der Waals surface area contributed by atoms with Crippen LogP contribution < -0.4 is 5.73 Å². The van der Waals surface area contributed by atoms with Crippen LogP contribution in [0.3, 0.4) is 0 Å². The third-order valence-electron chi connectivity index (χ3n) is 2.07. The van der Waals surface area contributed by atoms with E-state index in [0.717, 1.165) is 12.8 Å². The second kappa shape index (κ2) is 7.62. The summed E-state index contributed by atoms with van der Waals surface area (Å²) in [6.07, 6.45) is 1.64. The molecule has 0 bridgehead atoms. The number of hydrogen-bond acceptors (Lipinski definition) is 4. The van der Waals surface area contributed by atoms with E-state index >= 15 is 0 Å². The Labute approximate surface area is 84.7 Å². The van der Waals surface area contributed by atoms with Gasteiger partial charge in [0.05, 0.1) is 6.61 Å². The van der Waals surface area contributed by atoms with E-state index in [1.165, 1.54) is 0 Å². The molecule has 0 aliphatic rings. The highest BCUT2D eigenvalue weighted by Crippen LogP contribution is 2.22. The van der Waals surface area contributed by atoms with Crippen molar-refractivity contribution >= 4 is 11.8 Å². The SMILES string of the molecule is CCC(N)C(CO)SC(C)CCO. The number of rotatable bonds is 7. The molecular formula is C9H21NO2S. The van der Waals surface area contributed by atoms with Gasteiger partial charge in [0.25, 0.3) is 0 Å². The molecule has 0 aromatic heterocycles. The van der Waals surface area contributed by atoms with Gasteiger partial charge in [-0.05, 0) is 12.8 Å². The summed E-state index contributed by atoms with van der Waals surface area (Å²) in [6, 6.07) is 0.0520. The molecule has 0 aliphatic heterocycles. The van der Waals surface area contributed by atoms with Crippen molar-refractivity contribution in [2.75, 3.05) is 13.2 Å². The second-order valence-corrected chi connectivity index (χ2v) is 4.93. The van der Waals surface area contributed by atoms with Crippen molar-refractivity contribution in [2.24, 2.45) is 5.73 Å². The summed E-state index contributed by atoms with van der Waals surface area (Å²) >= 11 is 1.67. The first kappa shape index (κ1) is 13.2. The quantitative estimate of drug-likeness (QED) is 0.571. The number of aliphatic hydroxyl groups is 2. The van der Waals surface area contributed by atoms with Crippen molar-refractivity contribution < 1.29 is 10.2 Å². The monoisotopic (exact) mass is 207 g/mol. The normalized spacial score (nSPS) is 18.2. The van der Waals surface area contributed by atoms with Gasteiger partial charge in [0, 0.05) is 23.1 Å². The number of hydrogen-bond donors (Lipinski definition) is 3. The molecule has 0 saturated carbocycles. The molecule has 0 radical (unpaired) electrons. The number of thioether (sulfide) groups is 1. The zero-order valence-electron chi connectivity index (χ0n) is 8.44. The maximum absolute atomic E-state index is 9.08. The Morgan fingerprint density at radius 3 is 2.38 bits per heavy atom. The fourth-order valence-electron chi connectivity index (χ4n) is 1.09. The topological polar surface area (TPSA) is 66.5 Å². The summed E-state index contributed by atoms with van der Waals surface area (Å²) in [5, 5.41) is 18.3. The molecule has 0 heterocycles. The lowest BCUT2D eigenvalue weighted by atomic mass is 10.2. The Hall–Kier alpha value is 0.230. The van der Waals surface area contributed by atoms with Crippen LogP contribution in [0, 0.1) is 0 Å². The van der Waals surface area contributed by atoms with Crippen LogP contribution in [0.25, 0.3) is 0 Å². The Bertz CT molecular complexity index is 124. The summed E-state index contributed by atoms with van der Waals surface area (Å²) < 4.78 is 0. The van der Waals surface area contributed by atoms with Gasteiger partial charge in [-0.25, -0.2) is 0 Å². The van der Waals surface area contributed by atoms with Crippen molar-refractivity contribution in [3.8, 4) is 0 Å². The lowest BCUT2D eigenvalue weighted by molar-refractivity contribution is 0.278. The van der Waals surface area contributed by atoms with Crippen LogP contribution in [-0.2, 0) is 0 Å². The first-order chi connectivity index (χ1) is 6.15. The molecule has 0 rings (SSSR count). The average Bonchev–Trinajstić information content (AvgIpc) is 2.13. The summed E-state index contributed by atoms with van der Waals surface area (Å²) in [5.74, 6) is 0. The first-order valence-corrected chi connectivity index (χ1v) is 5.72. The molecule has 0 fully saturated rings. The van der Waals surface area contributed by atoms with Gasteiger partial charge in [-0.15, -0.1) is 0 Å². The second-order valence-electron chi connectivity index (χ2n) is 3.25. The zero-order valence-corrected chi connectivity index (χ0v) is 9.26. The minimum atomic E-state index is 0.0520. The molecule has 4 N–H and O–H groups in total. The zero-order chi connectivity index (χ0) is 10.3. The van der Waals surface area contributed by atoms with E-state index in [9.17, 15) is 0 Å². The van der Waals surface area contributed by atoms with Crippen molar-refractivity contribution in [2.45, 2.75) is 43.2 Å². The molecule has 0 aromatic rings. The molecule has 3 nitrogen and oxygen atoms in total. The van der Waals surface area contributed by atoms with E-state index in [-0.39, 0.29) is 24.5 Å². The molecule has 0 aliphatic carbocycles. The smallest absolute Gasteiger partial charge is 0.0565 e. The van der Waals surface area contributed by atoms with E-state index in [2.05, 4.69) is 0 Å². The van der Waals surface area contributed by atoms with Crippen LogP contribution in [0.4, 0.5) is 0 Å². The minimum absolute atomic E-state index is 0.0520. The largest absolute Gasteiger partial charge is 0.396 e. The molecule has 0 amide bonds.